The predicted octanol–water partition coefficient (Wildman–Crippen LogP) is 3.91. The third-order valence-corrected chi connectivity index (χ3v) is 8.46. The molecule has 0 saturated carbocycles. The quantitative estimate of drug-likeness (QED) is 0.582. The first-order valence-corrected chi connectivity index (χ1v) is 11.9. The number of benzene rings is 2. The normalized spacial score (nSPS) is 19.5. The minimum atomic E-state index is -3.66. The van der Waals surface area contributed by atoms with E-state index in [4.69, 9.17) is 0 Å². The number of hydrogen-bond acceptors (Lipinski definition) is 3. The van der Waals surface area contributed by atoms with Gasteiger partial charge in [0.25, 0.3) is 0 Å². The van der Waals surface area contributed by atoms with E-state index in [1.165, 1.54) is 0 Å². The van der Waals surface area contributed by atoms with Crippen molar-refractivity contribution in [2.75, 3.05) is 18.5 Å². The fraction of sp³-hybridized carbons (Fsp3) is 0.318. The minimum absolute atomic E-state index is 0.0632. The maximum atomic E-state index is 13.7. The Bertz CT molecular complexity index is 1260. The highest BCUT2D eigenvalue weighted by Crippen LogP contribution is 2.47. The Labute approximate surface area is 184 Å². The van der Waals surface area contributed by atoms with Crippen molar-refractivity contribution in [3.63, 3.8) is 0 Å². The van der Waals surface area contributed by atoms with Crippen molar-refractivity contribution in [2.24, 2.45) is 0 Å². The van der Waals surface area contributed by atoms with Crippen LogP contribution in [-0.2, 0) is 20.2 Å². The Balaban J connectivity index is 1.97. The summed E-state index contributed by atoms with van der Waals surface area (Å²) in [6, 6.07) is 13.4. The van der Waals surface area contributed by atoms with E-state index in [0.29, 0.717) is 0 Å². The smallest absolute Gasteiger partial charge is 0.243 e. The van der Waals surface area contributed by atoms with Crippen molar-refractivity contribution in [3.05, 3.63) is 64.3 Å². The molecule has 158 valence electrons. The van der Waals surface area contributed by atoms with Crippen LogP contribution in [0.15, 0.2) is 53.1 Å². The van der Waals surface area contributed by atoms with Crippen molar-refractivity contribution in [1.82, 2.24) is 9.71 Å². The van der Waals surface area contributed by atoms with E-state index < -0.39 is 20.2 Å². The van der Waals surface area contributed by atoms with Gasteiger partial charge in [0.05, 0.1) is 4.75 Å². The molecule has 2 heterocycles. The zero-order chi connectivity index (χ0) is 21.9. The number of amides is 1. The molecule has 1 atom stereocenters. The number of hydrogen-bond donors (Lipinski definition) is 2. The lowest BCUT2D eigenvalue weighted by atomic mass is 9.75. The fourth-order valence-corrected chi connectivity index (χ4v) is 5.23. The highest BCUT2D eigenvalue weighted by Gasteiger charge is 2.52. The molecule has 1 amide bonds. The summed E-state index contributed by atoms with van der Waals surface area (Å²) in [5.41, 5.74) is 2.02. The van der Waals surface area contributed by atoms with Crippen LogP contribution < -0.4 is 9.62 Å². The number of anilines is 1. The Morgan fingerprint density at radius 3 is 2.53 bits per heavy atom. The number of carbonyl (C=O) groups excluding carboxylic acids is 1. The molecule has 0 aliphatic carbocycles. The molecule has 0 spiro atoms. The lowest BCUT2D eigenvalue weighted by Crippen LogP contribution is -2.51. The average Bonchev–Trinajstić information content (AvgIpc) is 3.18. The van der Waals surface area contributed by atoms with Gasteiger partial charge in [-0.2, -0.15) is 0 Å². The standard InChI is InChI=1S/C22H24BrN3O3S/c1-21(2,3)30(28,29)25-13-22(16-7-5-6-8-19(16)26(4)20(22)27)17-12-24-18-10-9-14(23)11-15(17)18/h5-12,24-25H,13H2,1-4H3/t22-/m1/s1. The first kappa shape index (κ1) is 21.1. The number of carbonyl (C=O) groups is 1. The zero-order valence-electron chi connectivity index (χ0n) is 17.3. The first-order valence-electron chi connectivity index (χ1n) is 9.63. The molecular weight excluding hydrogens is 466 g/mol. The summed E-state index contributed by atoms with van der Waals surface area (Å²) in [4.78, 5) is 18.6. The molecule has 0 radical (unpaired) electrons. The van der Waals surface area contributed by atoms with E-state index >= 15 is 0 Å². The first-order chi connectivity index (χ1) is 14.0. The van der Waals surface area contributed by atoms with Gasteiger partial charge in [0.15, 0.2) is 0 Å². The molecule has 2 aromatic carbocycles. The van der Waals surface area contributed by atoms with E-state index in [1.54, 1.807) is 32.7 Å². The third kappa shape index (κ3) is 3.01. The van der Waals surface area contributed by atoms with Crippen LogP contribution in [0.2, 0.25) is 0 Å². The van der Waals surface area contributed by atoms with Gasteiger partial charge < -0.3 is 9.88 Å². The van der Waals surface area contributed by atoms with Gasteiger partial charge >= 0.3 is 0 Å². The lowest BCUT2D eigenvalue weighted by molar-refractivity contribution is -0.121. The maximum absolute atomic E-state index is 13.7. The highest BCUT2D eigenvalue weighted by atomic mass is 79.9. The Hall–Kier alpha value is -2.16. The number of H-pyrrole nitrogens is 1. The second-order valence-corrected chi connectivity index (χ2v) is 12.1. The number of sulfonamides is 1. The van der Waals surface area contributed by atoms with Crippen molar-refractivity contribution in [3.8, 4) is 0 Å². The Kier molecular flexibility index (Phi) is 4.87. The molecule has 0 fully saturated rings. The van der Waals surface area contributed by atoms with Crippen molar-refractivity contribution in [2.45, 2.75) is 30.9 Å². The highest BCUT2D eigenvalue weighted by molar-refractivity contribution is 9.10. The second-order valence-electron chi connectivity index (χ2n) is 8.62. The summed E-state index contributed by atoms with van der Waals surface area (Å²) < 4.78 is 28.4. The van der Waals surface area contributed by atoms with Crippen molar-refractivity contribution in [1.29, 1.82) is 0 Å². The number of nitrogens with one attached hydrogen (secondary N) is 2. The number of halogens is 1. The number of likely N-dealkylation sites (N-methyl/N-ethyl adjacent to an activating group) is 1. The Morgan fingerprint density at radius 1 is 1.13 bits per heavy atom. The monoisotopic (exact) mass is 489 g/mol. The van der Waals surface area contributed by atoms with E-state index in [0.717, 1.165) is 32.2 Å². The number of nitrogens with zero attached hydrogens (tertiary/aromatic N) is 1. The van der Waals surface area contributed by atoms with Crippen LogP contribution in [0.3, 0.4) is 0 Å². The summed E-state index contributed by atoms with van der Waals surface area (Å²) in [7, 11) is -1.93. The van der Waals surface area contributed by atoms with Crippen LogP contribution >= 0.6 is 15.9 Å². The summed E-state index contributed by atoms with van der Waals surface area (Å²) >= 11 is 3.51. The number of para-hydroxylation sites is 1. The fourth-order valence-electron chi connectivity index (χ4n) is 4.03. The van der Waals surface area contributed by atoms with Crippen LogP contribution in [0.4, 0.5) is 5.69 Å². The van der Waals surface area contributed by atoms with Gasteiger partial charge in [0, 0.05) is 40.9 Å². The molecule has 3 aromatic rings. The molecule has 30 heavy (non-hydrogen) atoms. The van der Waals surface area contributed by atoms with E-state index in [1.807, 2.05) is 48.7 Å². The molecule has 8 heteroatoms. The topological polar surface area (TPSA) is 82.3 Å². The summed E-state index contributed by atoms with van der Waals surface area (Å²) in [6.07, 6.45) is 1.82. The van der Waals surface area contributed by atoms with Crippen molar-refractivity contribution >= 4 is 48.5 Å². The molecule has 0 bridgehead atoms. The SMILES string of the molecule is CN1C(=O)[C@@](CNS(=O)(=O)C(C)(C)C)(c2c[nH]c3ccc(Br)cc23)c2ccccc21. The molecule has 6 nitrogen and oxygen atoms in total. The molecular formula is C22H24BrN3O3S. The molecule has 1 aromatic heterocycles. The third-order valence-electron chi connectivity index (χ3n) is 5.83. The number of aromatic nitrogens is 1. The minimum Gasteiger partial charge on any atom is -0.361 e. The number of fused-ring (bicyclic) bond motifs is 2. The van der Waals surface area contributed by atoms with Crippen LogP contribution in [0, 0.1) is 0 Å². The van der Waals surface area contributed by atoms with Gasteiger partial charge in [0.1, 0.15) is 5.41 Å². The van der Waals surface area contributed by atoms with Crippen LogP contribution in [-0.4, -0.2) is 37.6 Å². The number of aromatic amines is 1. The molecule has 1 aliphatic rings. The Morgan fingerprint density at radius 2 is 1.83 bits per heavy atom. The van der Waals surface area contributed by atoms with Crippen LogP contribution in [0.1, 0.15) is 31.9 Å². The average molecular weight is 490 g/mol. The van der Waals surface area contributed by atoms with Crippen LogP contribution in [0.25, 0.3) is 10.9 Å². The molecule has 4 rings (SSSR count). The van der Waals surface area contributed by atoms with Gasteiger partial charge in [-0.05, 0) is 56.2 Å². The van der Waals surface area contributed by atoms with Crippen LogP contribution in [0.5, 0.6) is 0 Å². The molecule has 0 unspecified atom stereocenters. The van der Waals surface area contributed by atoms with Gasteiger partial charge in [-0.1, -0.05) is 34.1 Å². The maximum Gasteiger partial charge on any atom is 0.243 e. The molecule has 2 N–H and O–H groups in total. The van der Waals surface area contributed by atoms with Crippen molar-refractivity contribution < 1.29 is 13.2 Å². The van der Waals surface area contributed by atoms with Gasteiger partial charge in [-0.15, -0.1) is 0 Å². The molecule has 0 saturated heterocycles. The summed E-state index contributed by atoms with van der Waals surface area (Å²) in [6.45, 7) is 4.86. The van der Waals surface area contributed by atoms with E-state index in [2.05, 4.69) is 25.6 Å². The van der Waals surface area contributed by atoms with Gasteiger partial charge in [0.2, 0.25) is 15.9 Å². The van der Waals surface area contributed by atoms with E-state index in [9.17, 15) is 13.2 Å². The summed E-state index contributed by atoms with van der Waals surface area (Å²) in [5.74, 6) is -0.166. The molecule has 1 aliphatic heterocycles. The predicted molar refractivity (Wildman–Crippen MR) is 123 cm³/mol. The van der Waals surface area contributed by atoms with Gasteiger partial charge in [-0.3, -0.25) is 4.79 Å². The second kappa shape index (κ2) is 6.93. The lowest BCUT2D eigenvalue weighted by Gasteiger charge is -2.30. The zero-order valence-corrected chi connectivity index (χ0v) is 19.7. The van der Waals surface area contributed by atoms with E-state index in [-0.39, 0.29) is 12.5 Å². The largest absolute Gasteiger partial charge is 0.361 e. The summed E-state index contributed by atoms with van der Waals surface area (Å²) in [5, 5.41) is 0.873. The van der Waals surface area contributed by atoms with Gasteiger partial charge in [-0.25, -0.2) is 13.1 Å². The number of rotatable bonds is 4.